The molecular formula is C24H18ClN3O2. The Hall–Kier alpha value is -3.70. The second-order valence-corrected chi connectivity index (χ2v) is 6.90. The molecule has 4 aromatic rings. The standard InChI is InChI=1S/C24H18ClN3O2/c1-30-23-13-7-2-8-16(23)15-26-28-24(29)19-14-22(18-10-3-5-11-20(18)25)27-21-12-6-4-9-17(19)21/h2-15H,1H3,(H,28,29). The molecular weight excluding hydrogens is 398 g/mol. The third kappa shape index (κ3) is 4.02. The Morgan fingerprint density at radius 2 is 1.77 bits per heavy atom. The van der Waals surface area contributed by atoms with Gasteiger partial charge in [0.15, 0.2) is 0 Å². The summed E-state index contributed by atoms with van der Waals surface area (Å²) in [6.07, 6.45) is 1.55. The number of halogens is 1. The van der Waals surface area contributed by atoms with E-state index in [9.17, 15) is 4.79 Å². The van der Waals surface area contributed by atoms with Crippen molar-refractivity contribution >= 4 is 34.6 Å². The predicted molar refractivity (Wildman–Crippen MR) is 120 cm³/mol. The summed E-state index contributed by atoms with van der Waals surface area (Å²) < 4.78 is 5.30. The highest BCUT2D eigenvalue weighted by Crippen LogP contribution is 2.29. The Balaban J connectivity index is 1.70. The fourth-order valence-electron chi connectivity index (χ4n) is 3.16. The van der Waals surface area contributed by atoms with Crippen molar-refractivity contribution in [3.05, 3.63) is 95.0 Å². The van der Waals surface area contributed by atoms with Crippen molar-refractivity contribution in [1.29, 1.82) is 0 Å². The number of para-hydroxylation sites is 2. The number of aromatic nitrogens is 1. The molecule has 0 saturated carbocycles. The molecule has 30 heavy (non-hydrogen) atoms. The average molecular weight is 416 g/mol. The molecule has 0 spiro atoms. The van der Waals surface area contributed by atoms with Gasteiger partial charge in [0.1, 0.15) is 5.75 Å². The van der Waals surface area contributed by atoms with E-state index < -0.39 is 0 Å². The van der Waals surface area contributed by atoms with Crippen molar-refractivity contribution in [1.82, 2.24) is 10.4 Å². The van der Waals surface area contributed by atoms with Crippen LogP contribution in [0.1, 0.15) is 15.9 Å². The molecule has 0 unspecified atom stereocenters. The van der Waals surface area contributed by atoms with Crippen LogP contribution in [-0.2, 0) is 0 Å². The Morgan fingerprint density at radius 1 is 1.03 bits per heavy atom. The van der Waals surface area contributed by atoms with E-state index >= 15 is 0 Å². The van der Waals surface area contributed by atoms with Crippen LogP contribution in [0.25, 0.3) is 22.2 Å². The van der Waals surface area contributed by atoms with Crippen molar-refractivity contribution in [2.24, 2.45) is 5.10 Å². The SMILES string of the molecule is COc1ccccc1C=NNC(=O)c1cc(-c2ccccc2Cl)nc2ccccc12. The predicted octanol–water partition coefficient (Wildman–Crippen LogP) is 5.33. The van der Waals surface area contributed by atoms with Crippen LogP contribution in [0.2, 0.25) is 5.02 Å². The van der Waals surface area contributed by atoms with Crippen LogP contribution in [0.3, 0.4) is 0 Å². The summed E-state index contributed by atoms with van der Waals surface area (Å²) in [6.45, 7) is 0. The molecule has 6 heteroatoms. The van der Waals surface area contributed by atoms with Gasteiger partial charge in [-0.1, -0.05) is 60.1 Å². The molecule has 0 fully saturated rings. The minimum Gasteiger partial charge on any atom is -0.496 e. The molecule has 0 bridgehead atoms. The lowest BCUT2D eigenvalue weighted by molar-refractivity contribution is 0.0956. The van der Waals surface area contributed by atoms with Crippen LogP contribution in [0.15, 0.2) is 84.0 Å². The van der Waals surface area contributed by atoms with E-state index in [2.05, 4.69) is 15.5 Å². The maximum absolute atomic E-state index is 13.0. The van der Waals surface area contributed by atoms with Gasteiger partial charge in [0.25, 0.3) is 5.91 Å². The first kappa shape index (κ1) is 19.6. The third-order valence-electron chi connectivity index (χ3n) is 4.62. The minimum absolute atomic E-state index is 0.340. The summed E-state index contributed by atoms with van der Waals surface area (Å²) in [5.41, 5.74) is 5.91. The van der Waals surface area contributed by atoms with Gasteiger partial charge < -0.3 is 4.74 Å². The maximum atomic E-state index is 13.0. The molecule has 1 aromatic heterocycles. The molecule has 0 aliphatic heterocycles. The number of nitrogens with one attached hydrogen (secondary N) is 1. The van der Waals surface area contributed by atoms with Crippen LogP contribution >= 0.6 is 11.6 Å². The molecule has 0 aliphatic carbocycles. The Labute approximate surface area is 179 Å². The highest BCUT2D eigenvalue weighted by atomic mass is 35.5. The lowest BCUT2D eigenvalue weighted by Gasteiger charge is -2.10. The smallest absolute Gasteiger partial charge is 0.272 e. The van der Waals surface area contributed by atoms with E-state index in [1.165, 1.54) is 0 Å². The number of pyridine rings is 1. The van der Waals surface area contributed by atoms with Crippen molar-refractivity contribution in [2.75, 3.05) is 7.11 Å². The first-order chi connectivity index (χ1) is 14.7. The van der Waals surface area contributed by atoms with E-state index in [1.54, 1.807) is 25.5 Å². The molecule has 1 heterocycles. The molecule has 1 N–H and O–H groups in total. The molecule has 3 aromatic carbocycles. The fraction of sp³-hybridized carbons (Fsp3) is 0.0417. The molecule has 0 aliphatic rings. The number of amides is 1. The summed E-state index contributed by atoms with van der Waals surface area (Å²) in [4.78, 5) is 17.6. The molecule has 5 nitrogen and oxygen atoms in total. The molecule has 148 valence electrons. The minimum atomic E-state index is -0.340. The Kier molecular flexibility index (Phi) is 5.72. The van der Waals surface area contributed by atoms with Crippen molar-refractivity contribution in [3.63, 3.8) is 0 Å². The monoisotopic (exact) mass is 415 g/mol. The fourth-order valence-corrected chi connectivity index (χ4v) is 3.40. The quantitative estimate of drug-likeness (QED) is 0.354. The highest BCUT2D eigenvalue weighted by molar-refractivity contribution is 6.33. The number of hydrogen-bond donors (Lipinski definition) is 1. The first-order valence-corrected chi connectivity index (χ1v) is 9.66. The summed E-state index contributed by atoms with van der Waals surface area (Å²) in [6, 6.07) is 24.0. The van der Waals surface area contributed by atoms with Crippen LogP contribution in [0.5, 0.6) is 5.75 Å². The van der Waals surface area contributed by atoms with Gasteiger partial charge in [-0.25, -0.2) is 10.4 Å². The highest BCUT2D eigenvalue weighted by Gasteiger charge is 2.14. The zero-order valence-corrected chi connectivity index (χ0v) is 16.9. The number of fused-ring (bicyclic) bond motifs is 1. The molecule has 0 saturated heterocycles. The van der Waals surface area contributed by atoms with Gasteiger partial charge in [-0.3, -0.25) is 4.79 Å². The van der Waals surface area contributed by atoms with Gasteiger partial charge in [0.2, 0.25) is 0 Å². The zero-order valence-electron chi connectivity index (χ0n) is 16.2. The van der Waals surface area contributed by atoms with Gasteiger partial charge in [-0.05, 0) is 30.3 Å². The molecule has 0 radical (unpaired) electrons. The topological polar surface area (TPSA) is 63.6 Å². The van der Waals surface area contributed by atoms with Crippen LogP contribution < -0.4 is 10.2 Å². The second-order valence-electron chi connectivity index (χ2n) is 6.49. The average Bonchev–Trinajstić information content (AvgIpc) is 2.79. The van der Waals surface area contributed by atoms with Gasteiger partial charge in [0, 0.05) is 21.5 Å². The van der Waals surface area contributed by atoms with Crippen molar-refractivity contribution in [2.45, 2.75) is 0 Å². The summed E-state index contributed by atoms with van der Waals surface area (Å²) in [7, 11) is 1.59. The van der Waals surface area contributed by atoms with E-state index in [4.69, 9.17) is 16.3 Å². The Bertz CT molecular complexity index is 1250. The van der Waals surface area contributed by atoms with E-state index in [0.29, 0.717) is 27.5 Å². The largest absolute Gasteiger partial charge is 0.496 e. The maximum Gasteiger partial charge on any atom is 0.272 e. The molecule has 0 atom stereocenters. The van der Waals surface area contributed by atoms with E-state index in [1.807, 2.05) is 66.7 Å². The summed E-state index contributed by atoms with van der Waals surface area (Å²) >= 11 is 6.35. The lowest BCUT2D eigenvalue weighted by Crippen LogP contribution is -2.18. The van der Waals surface area contributed by atoms with Crippen molar-refractivity contribution < 1.29 is 9.53 Å². The summed E-state index contributed by atoms with van der Waals surface area (Å²) in [5, 5.41) is 5.41. The number of benzene rings is 3. The number of rotatable bonds is 5. The molecule has 1 amide bonds. The number of hydrazone groups is 1. The zero-order chi connectivity index (χ0) is 20.9. The van der Waals surface area contributed by atoms with E-state index in [-0.39, 0.29) is 5.91 Å². The normalized spacial score (nSPS) is 11.0. The number of hydrogen-bond acceptors (Lipinski definition) is 4. The van der Waals surface area contributed by atoms with Crippen LogP contribution in [0.4, 0.5) is 0 Å². The van der Waals surface area contributed by atoms with E-state index in [0.717, 1.165) is 16.5 Å². The summed E-state index contributed by atoms with van der Waals surface area (Å²) in [5.74, 6) is 0.332. The Morgan fingerprint density at radius 3 is 2.60 bits per heavy atom. The number of ether oxygens (including phenoxy) is 1. The lowest BCUT2D eigenvalue weighted by atomic mass is 10.0. The van der Waals surface area contributed by atoms with Gasteiger partial charge in [0.05, 0.1) is 30.1 Å². The van der Waals surface area contributed by atoms with Gasteiger partial charge in [-0.15, -0.1) is 0 Å². The number of nitrogens with zero attached hydrogens (tertiary/aromatic N) is 2. The number of methoxy groups -OCH3 is 1. The third-order valence-corrected chi connectivity index (χ3v) is 4.95. The molecule has 4 rings (SSSR count). The first-order valence-electron chi connectivity index (χ1n) is 9.28. The number of carbonyl (C=O) groups is 1. The van der Waals surface area contributed by atoms with Crippen LogP contribution in [0, 0.1) is 0 Å². The number of carbonyl (C=O) groups excluding carboxylic acids is 1. The van der Waals surface area contributed by atoms with Gasteiger partial charge >= 0.3 is 0 Å². The van der Waals surface area contributed by atoms with Crippen molar-refractivity contribution in [3.8, 4) is 17.0 Å². The van der Waals surface area contributed by atoms with Gasteiger partial charge in [-0.2, -0.15) is 5.10 Å². The second kappa shape index (κ2) is 8.76. The van der Waals surface area contributed by atoms with Crippen LogP contribution in [-0.4, -0.2) is 24.2 Å².